The fourth-order valence-electron chi connectivity index (χ4n) is 3.01. The Bertz CT molecular complexity index is 1010. The number of nitrogens with zero attached hydrogens (tertiary/aromatic N) is 1. The van der Waals surface area contributed by atoms with Crippen LogP contribution in [-0.2, 0) is 11.2 Å². The minimum absolute atomic E-state index is 0.0117. The summed E-state index contributed by atoms with van der Waals surface area (Å²) in [6, 6.07) is 14.6. The number of carbonyl (C=O) groups excluding carboxylic acids is 1. The van der Waals surface area contributed by atoms with Crippen LogP contribution in [-0.4, -0.2) is 16.1 Å². The quantitative estimate of drug-likeness (QED) is 0.740. The molecule has 0 saturated heterocycles. The molecule has 4 rings (SSSR count). The minimum atomic E-state index is -0.244. The zero-order valence-electron chi connectivity index (χ0n) is 13.2. The highest BCUT2D eigenvalue weighted by Crippen LogP contribution is 2.38. The van der Waals surface area contributed by atoms with Crippen LogP contribution in [0.5, 0.6) is 0 Å². The van der Waals surface area contributed by atoms with Crippen LogP contribution in [0.1, 0.15) is 12.0 Å². The monoisotopic (exact) mass is 351 g/mol. The molecular weight excluding hydrogens is 338 g/mol. The van der Waals surface area contributed by atoms with Gasteiger partial charge in [-0.1, -0.05) is 23.7 Å². The summed E-state index contributed by atoms with van der Waals surface area (Å²) in [4.78, 5) is 23.1. The largest absolute Gasteiger partial charge is 0.325 e. The van der Waals surface area contributed by atoms with Crippen molar-refractivity contribution in [2.75, 3.05) is 5.32 Å². The van der Waals surface area contributed by atoms with Gasteiger partial charge in [0.05, 0.1) is 11.4 Å². The molecule has 0 aliphatic carbocycles. The van der Waals surface area contributed by atoms with E-state index in [1.54, 1.807) is 6.07 Å². The summed E-state index contributed by atoms with van der Waals surface area (Å²) < 4.78 is 0. The molecule has 1 amide bonds. The molecule has 1 aromatic heterocycles. The van der Waals surface area contributed by atoms with E-state index in [-0.39, 0.29) is 11.5 Å². The molecular formula is C19H14ClN3O2. The summed E-state index contributed by atoms with van der Waals surface area (Å²) in [5.74, 6) is 0.0117. The first-order chi connectivity index (χ1) is 12.1. The number of aromatic amines is 1. The highest BCUT2D eigenvalue weighted by atomic mass is 35.5. The normalized spacial score (nSPS) is 13.2. The predicted molar refractivity (Wildman–Crippen MR) is 97.7 cm³/mol. The van der Waals surface area contributed by atoms with E-state index in [9.17, 15) is 9.59 Å². The predicted octanol–water partition coefficient (Wildman–Crippen LogP) is 3.64. The summed E-state index contributed by atoms with van der Waals surface area (Å²) in [5.41, 5.74) is 5.05. The smallest absolute Gasteiger partial charge is 0.264 e. The Labute approximate surface area is 148 Å². The molecule has 0 bridgehead atoms. The maximum absolute atomic E-state index is 11.9. The fraction of sp³-hybridized carbons (Fsp3) is 0.105. The van der Waals surface area contributed by atoms with Crippen LogP contribution in [0.3, 0.4) is 0 Å². The number of H-pyrrole nitrogens is 1. The molecule has 5 nitrogen and oxygen atoms in total. The standard InChI is InChI=1S/C19H14ClN3O2/c20-14-4-1-11(2-5-14)15-10-13(16-6-8-18(25)23-22-16)9-12-3-7-17(24)21-19(12)15/h1-2,4-6,8-10H,3,7H2,(H,21,24)(H,23,25). The zero-order chi connectivity index (χ0) is 17.4. The average Bonchev–Trinajstić information content (AvgIpc) is 2.62. The molecule has 25 heavy (non-hydrogen) atoms. The van der Waals surface area contributed by atoms with E-state index in [4.69, 9.17) is 11.6 Å². The lowest BCUT2D eigenvalue weighted by atomic mass is 9.91. The number of hydrogen-bond acceptors (Lipinski definition) is 3. The van der Waals surface area contributed by atoms with Crippen LogP contribution in [0.25, 0.3) is 22.4 Å². The van der Waals surface area contributed by atoms with Crippen molar-refractivity contribution in [3.05, 3.63) is 69.5 Å². The maximum atomic E-state index is 11.9. The first kappa shape index (κ1) is 15.6. The maximum Gasteiger partial charge on any atom is 0.264 e. The van der Waals surface area contributed by atoms with Gasteiger partial charge in [0.2, 0.25) is 5.91 Å². The molecule has 0 fully saturated rings. The van der Waals surface area contributed by atoms with E-state index in [2.05, 4.69) is 15.5 Å². The molecule has 0 spiro atoms. The minimum Gasteiger partial charge on any atom is -0.325 e. The van der Waals surface area contributed by atoms with Crippen molar-refractivity contribution in [2.24, 2.45) is 0 Å². The molecule has 0 saturated carbocycles. The highest BCUT2D eigenvalue weighted by Gasteiger charge is 2.20. The van der Waals surface area contributed by atoms with Crippen LogP contribution in [0.15, 0.2) is 53.3 Å². The Morgan fingerprint density at radius 2 is 1.72 bits per heavy atom. The van der Waals surface area contributed by atoms with E-state index in [1.165, 1.54) is 6.07 Å². The van der Waals surface area contributed by atoms with Crippen molar-refractivity contribution in [2.45, 2.75) is 12.8 Å². The lowest BCUT2D eigenvalue weighted by Crippen LogP contribution is -2.20. The zero-order valence-corrected chi connectivity index (χ0v) is 13.9. The van der Waals surface area contributed by atoms with Crippen molar-refractivity contribution in [1.29, 1.82) is 0 Å². The Kier molecular flexibility index (Phi) is 3.86. The third-order valence-corrected chi connectivity index (χ3v) is 4.49. The second-order valence-electron chi connectivity index (χ2n) is 5.92. The fourth-order valence-corrected chi connectivity index (χ4v) is 3.13. The number of fused-ring (bicyclic) bond motifs is 1. The Hall–Kier alpha value is -2.92. The topological polar surface area (TPSA) is 74.8 Å². The number of amides is 1. The van der Waals surface area contributed by atoms with E-state index in [0.717, 1.165) is 27.9 Å². The number of nitrogens with one attached hydrogen (secondary N) is 2. The second kappa shape index (κ2) is 6.18. The van der Waals surface area contributed by atoms with E-state index in [0.29, 0.717) is 23.6 Å². The molecule has 124 valence electrons. The molecule has 2 N–H and O–H groups in total. The lowest BCUT2D eigenvalue weighted by Gasteiger charge is -2.22. The molecule has 6 heteroatoms. The number of benzene rings is 2. The number of aromatic nitrogens is 2. The van der Waals surface area contributed by atoms with Crippen LogP contribution in [0.2, 0.25) is 5.02 Å². The van der Waals surface area contributed by atoms with Crippen LogP contribution < -0.4 is 10.9 Å². The molecule has 1 aliphatic heterocycles. The van der Waals surface area contributed by atoms with Gasteiger partial charge in [0.25, 0.3) is 5.56 Å². The second-order valence-corrected chi connectivity index (χ2v) is 6.36. The van der Waals surface area contributed by atoms with Crippen LogP contribution >= 0.6 is 11.6 Å². The van der Waals surface area contributed by atoms with Crippen molar-refractivity contribution >= 4 is 23.2 Å². The molecule has 3 aromatic rings. The number of halogens is 1. The summed E-state index contributed by atoms with van der Waals surface area (Å²) in [6.45, 7) is 0. The summed E-state index contributed by atoms with van der Waals surface area (Å²) in [5, 5.41) is 10.2. The number of hydrogen-bond donors (Lipinski definition) is 2. The van der Waals surface area contributed by atoms with Crippen molar-refractivity contribution in [3.8, 4) is 22.4 Å². The van der Waals surface area contributed by atoms with Gasteiger partial charge in [-0.05, 0) is 47.9 Å². The van der Waals surface area contributed by atoms with Crippen molar-refractivity contribution in [3.63, 3.8) is 0 Å². The van der Waals surface area contributed by atoms with Gasteiger partial charge in [-0.15, -0.1) is 0 Å². The third kappa shape index (κ3) is 3.06. The summed E-state index contributed by atoms with van der Waals surface area (Å²) in [7, 11) is 0. The molecule has 0 atom stereocenters. The molecule has 0 unspecified atom stereocenters. The van der Waals surface area contributed by atoms with E-state index < -0.39 is 0 Å². The average molecular weight is 352 g/mol. The van der Waals surface area contributed by atoms with Gasteiger partial charge < -0.3 is 5.32 Å². The number of rotatable bonds is 2. The third-order valence-electron chi connectivity index (χ3n) is 4.24. The molecule has 2 heterocycles. The first-order valence-corrected chi connectivity index (χ1v) is 8.27. The van der Waals surface area contributed by atoms with Crippen molar-refractivity contribution in [1.82, 2.24) is 10.2 Å². The molecule has 1 aliphatic rings. The number of anilines is 1. The number of carbonyl (C=O) groups is 1. The summed E-state index contributed by atoms with van der Waals surface area (Å²) >= 11 is 5.99. The first-order valence-electron chi connectivity index (χ1n) is 7.89. The lowest BCUT2D eigenvalue weighted by molar-refractivity contribution is -0.116. The Balaban J connectivity index is 1.92. The van der Waals surface area contributed by atoms with Gasteiger partial charge in [-0.25, -0.2) is 5.10 Å². The Morgan fingerprint density at radius 3 is 2.44 bits per heavy atom. The molecule has 0 radical (unpaired) electrons. The van der Waals surface area contributed by atoms with Crippen molar-refractivity contribution < 1.29 is 4.79 Å². The van der Waals surface area contributed by atoms with Gasteiger partial charge in [-0.3, -0.25) is 9.59 Å². The van der Waals surface area contributed by atoms with Gasteiger partial charge in [0.15, 0.2) is 0 Å². The summed E-state index contributed by atoms with van der Waals surface area (Å²) in [6.07, 6.45) is 1.12. The highest BCUT2D eigenvalue weighted by molar-refractivity contribution is 6.30. The van der Waals surface area contributed by atoms with Gasteiger partial charge in [0, 0.05) is 28.6 Å². The van der Waals surface area contributed by atoms with E-state index >= 15 is 0 Å². The molecule has 2 aromatic carbocycles. The van der Waals surface area contributed by atoms with Gasteiger partial charge in [-0.2, -0.15) is 5.10 Å². The van der Waals surface area contributed by atoms with Crippen LogP contribution in [0, 0.1) is 0 Å². The van der Waals surface area contributed by atoms with Crippen LogP contribution in [0.4, 0.5) is 5.69 Å². The SMILES string of the molecule is O=C1CCc2cc(-c3ccc(=O)[nH]n3)cc(-c3ccc(Cl)cc3)c2N1. The Morgan fingerprint density at radius 1 is 0.920 bits per heavy atom. The number of aryl methyl sites for hydroxylation is 1. The van der Waals surface area contributed by atoms with E-state index in [1.807, 2.05) is 36.4 Å². The van der Waals surface area contributed by atoms with Gasteiger partial charge >= 0.3 is 0 Å². The van der Waals surface area contributed by atoms with Gasteiger partial charge in [0.1, 0.15) is 0 Å².